The van der Waals surface area contributed by atoms with Gasteiger partial charge in [0.1, 0.15) is 0 Å². The number of anilines is 1. The third-order valence-corrected chi connectivity index (χ3v) is 4.97. The fourth-order valence-corrected chi connectivity index (χ4v) is 3.94. The number of halogens is 1. The summed E-state index contributed by atoms with van der Waals surface area (Å²) in [6.45, 7) is 0. The van der Waals surface area contributed by atoms with E-state index in [1.165, 1.54) is 25.7 Å². The molecule has 2 fully saturated rings. The molecule has 0 saturated heterocycles. The first-order valence-electron chi connectivity index (χ1n) is 6.43. The van der Waals surface area contributed by atoms with Crippen LogP contribution in [0.1, 0.15) is 36.0 Å². The monoisotopic (exact) mass is 309 g/mol. The van der Waals surface area contributed by atoms with Crippen LogP contribution in [0.3, 0.4) is 0 Å². The molecule has 0 spiro atoms. The maximum atomic E-state index is 11.2. The van der Waals surface area contributed by atoms with Crippen molar-refractivity contribution in [1.29, 1.82) is 0 Å². The zero-order valence-electron chi connectivity index (χ0n) is 10.0. The Labute approximate surface area is 115 Å². The summed E-state index contributed by atoms with van der Waals surface area (Å²) in [5.74, 6) is 0.703. The number of hydrogen-bond donors (Lipinski definition) is 2. The predicted molar refractivity (Wildman–Crippen MR) is 74.0 cm³/mol. The van der Waals surface area contributed by atoms with Gasteiger partial charge in [-0.05, 0) is 59.2 Å². The minimum absolute atomic E-state index is 0.354. The molecule has 2 bridgehead atoms. The highest BCUT2D eigenvalue weighted by atomic mass is 79.9. The SMILES string of the molecule is O=C(O)c1cccc(Br)c1NC1CC2CCC1C2. The van der Waals surface area contributed by atoms with Crippen LogP contribution in [0.2, 0.25) is 0 Å². The number of hydrogen-bond acceptors (Lipinski definition) is 2. The number of para-hydroxylation sites is 1. The van der Waals surface area contributed by atoms with Crippen molar-refractivity contribution >= 4 is 27.6 Å². The average Bonchev–Trinajstić information content (AvgIpc) is 2.93. The fourth-order valence-electron chi connectivity index (χ4n) is 3.46. The molecule has 0 aliphatic heterocycles. The molecule has 1 aromatic carbocycles. The first-order chi connectivity index (χ1) is 8.65. The van der Waals surface area contributed by atoms with Crippen LogP contribution >= 0.6 is 15.9 Å². The summed E-state index contributed by atoms with van der Waals surface area (Å²) >= 11 is 3.45. The van der Waals surface area contributed by atoms with Gasteiger partial charge < -0.3 is 10.4 Å². The summed E-state index contributed by atoms with van der Waals surface area (Å²) in [6.07, 6.45) is 5.13. The second kappa shape index (κ2) is 4.57. The van der Waals surface area contributed by atoms with E-state index in [-0.39, 0.29) is 0 Å². The number of carboxylic acids is 1. The number of carbonyl (C=O) groups is 1. The Morgan fingerprint density at radius 1 is 1.33 bits per heavy atom. The Morgan fingerprint density at radius 2 is 2.17 bits per heavy atom. The van der Waals surface area contributed by atoms with Crippen LogP contribution in [0.4, 0.5) is 5.69 Å². The molecule has 3 atom stereocenters. The number of aromatic carboxylic acids is 1. The molecule has 0 amide bonds. The van der Waals surface area contributed by atoms with Gasteiger partial charge in [-0.15, -0.1) is 0 Å². The number of nitrogens with one attached hydrogen (secondary N) is 1. The Balaban J connectivity index is 1.86. The van der Waals surface area contributed by atoms with E-state index in [4.69, 9.17) is 0 Å². The van der Waals surface area contributed by atoms with Crippen molar-refractivity contribution < 1.29 is 9.90 Å². The van der Waals surface area contributed by atoms with Crippen LogP contribution in [-0.2, 0) is 0 Å². The molecule has 3 nitrogen and oxygen atoms in total. The van der Waals surface area contributed by atoms with Gasteiger partial charge in [0.25, 0.3) is 0 Å². The molecule has 3 unspecified atom stereocenters. The zero-order chi connectivity index (χ0) is 12.7. The van der Waals surface area contributed by atoms with E-state index < -0.39 is 5.97 Å². The molecule has 2 saturated carbocycles. The molecule has 1 aromatic rings. The molecule has 0 aromatic heterocycles. The third-order valence-electron chi connectivity index (χ3n) is 4.31. The van der Waals surface area contributed by atoms with Crippen molar-refractivity contribution in [1.82, 2.24) is 0 Å². The number of benzene rings is 1. The first kappa shape index (κ1) is 12.0. The Kier molecular flexibility index (Phi) is 3.06. The van der Waals surface area contributed by atoms with Gasteiger partial charge in [-0.25, -0.2) is 4.79 Å². The van der Waals surface area contributed by atoms with Gasteiger partial charge in [0, 0.05) is 10.5 Å². The fraction of sp³-hybridized carbons (Fsp3) is 0.500. The standard InChI is InChI=1S/C14H16BrNO2/c15-11-3-1-2-10(14(17)18)13(11)16-12-7-8-4-5-9(12)6-8/h1-3,8-9,12,16H,4-7H2,(H,17,18). The Morgan fingerprint density at radius 3 is 2.78 bits per heavy atom. The van der Waals surface area contributed by atoms with Crippen molar-refractivity contribution in [3.05, 3.63) is 28.2 Å². The minimum atomic E-state index is -0.873. The van der Waals surface area contributed by atoms with Crippen molar-refractivity contribution in [2.24, 2.45) is 11.8 Å². The highest BCUT2D eigenvalue weighted by molar-refractivity contribution is 9.10. The first-order valence-corrected chi connectivity index (χ1v) is 7.23. The maximum absolute atomic E-state index is 11.2. The van der Waals surface area contributed by atoms with Crippen LogP contribution in [-0.4, -0.2) is 17.1 Å². The van der Waals surface area contributed by atoms with E-state index in [9.17, 15) is 9.90 Å². The largest absolute Gasteiger partial charge is 0.478 e. The zero-order valence-corrected chi connectivity index (χ0v) is 11.6. The lowest BCUT2D eigenvalue weighted by atomic mass is 9.95. The van der Waals surface area contributed by atoms with Gasteiger partial charge in [0.2, 0.25) is 0 Å². The van der Waals surface area contributed by atoms with E-state index >= 15 is 0 Å². The van der Waals surface area contributed by atoms with Gasteiger partial charge in [0.05, 0.1) is 11.3 Å². The number of carboxylic acid groups (broad SMARTS) is 1. The summed E-state index contributed by atoms with van der Waals surface area (Å²) in [5, 5.41) is 12.7. The molecule has 0 heterocycles. The van der Waals surface area contributed by atoms with Crippen LogP contribution < -0.4 is 5.32 Å². The molecule has 2 aliphatic carbocycles. The quantitative estimate of drug-likeness (QED) is 0.894. The highest BCUT2D eigenvalue weighted by Gasteiger charge is 2.39. The summed E-state index contributed by atoms with van der Waals surface area (Å²) < 4.78 is 0.838. The van der Waals surface area contributed by atoms with Gasteiger partial charge in [-0.2, -0.15) is 0 Å². The van der Waals surface area contributed by atoms with E-state index in [1.807, 2.05) is 6.07 Å². The molecule has 2 aliphatic rings. The van der Waals surface area contributed by atoms with Gasteiger partial charge in [-0.1, -0.05) is 12.5 Å². The van der Waals surface area contributed by atoms with Crippen molar-refractivity contribution in [2.45, 2.75) is 31.7 Å². The summed E-state index contributed by atoms with van der Waals surface area (Å²) in [6, 6.07) is 5.75. The smallest absolute Gasteiger partial charge is 0.337 e. The molecular formula is C14H16BrNO2. The summed E-state index contributed by atoms with van der Waals surface area (Å²) in [5.41, 5.74) is 1.09. The molecule has 18 heavy (non-hydrogen) atoms. The van der Waals surface area contributed by atoms with Crippen LogP contribution in [0.25, 0.3) is 0 Å². The molecule has 0 radical (unpaired) electrons. The topological polar surface area (TPSA) is 49.3 Å². The Hall–Kier alpha value is -1.03. The van der Waals surface area contributed by atoms with Gasteiger partial charge in [-0.3, -0.25) is 0 Å². The lowest BCUT2D eigenvalue weighted by molar-refractivity contribution is 0.0698. The second-order valence-corrected chi connectivity index (χ2v) is 6.25. The van der Waals surface area contributed by atoms with E-state index in [1.54, 1.807) is 12.1 Å². The van der Waals surface area contributed by atoms with Crippen molar-refractivity contribution in [3.8, 4) is 0 Å². The molecular weight excluding hydrogens is 294 g/mol. The second-order valence-electron chi connectivity index (χ2n) is 5.39. The van der Waals surface area contributed by atoms with Crippen molar-refractivity contribution in [3.63, 3.8) is 0 Å². The lowest BCUT2D eigenvalue weighted by Crippen LogP contribution is -2.27. The normalized spacial score (nSPS) is 29.5. The predicted octanol–water partition coefficient (Wildman–Crippen LogP) is 3.75. The molecule has 2 N–H and O–H groups in total. The van der Waals surface area contributed by atoms with Crippen LogP contribution in [0.5, 0.6) is 0 Å². The average molecular weight is 310 g/mol. The van der Waals surface area contributed by atoms with Crippen LogP contribution in [0, 0.1) is 11.8 Å². The molecule has 96 valence electrons. The van der Waals surface area contributed by atoms with E-state index in [0.717, 1.165) is 22.0 Å². The van der Waals surface area contributed by atoms with Gasteiger partial charge >= 0.3 is 5.97 Å². The Bertz CT molecular complexity index is 489. The third kappa shape index (κ3) is 2.03. The lowest BCUT2D eigenvalue weighted by Gasteiger charge is -2.25. The van der Waals surface area contributed by atoms with Gasteiger partial charge in [0.15, 0.2) is 0 Å². The maximum Gasteiger partial charge on any atom is 0.337 e. The molecule has 3 rings (SSSR count). The van der Waals surface area contributed by atoms with E-state index in [0.29, 0.717) is 11.6 Å². The van der Waals surface area contributed by atoms with Crippen molar-refractivity contribution in [2.75, 3.05) is 5.32 Å². The summed E-state index contributed by atoms with van der Waals surface area (Å²) in [7, 11) is 0. The van der Waals surface area contributed by atoms with E-state index in [2.05, 4.69) is 21.2 Å². The number of rotatable bonds is 3. The molecule has 4 heteroatoms. The number of fused-ring (bicyclic) bond motifs is 2. The van der Waals surface area contributed by atoms with Crippen LogP contribution in [0.15, 0.2) is 22.7 Å². The summed E-state index contributed by atoms with van der Waals surface area (Å²) in [4.78, 5) is 11.2. The minimum Gasteiger partial charge on any atom is -0.478 e. The highest BCUT2D eigenvalue weighted by Crippen LogP contribution is 2.46.